The first-order chi connectivity index (χ1) is 13.4. The molecule has 1 aliphatic rings. The quantitative estimate of drug-likeness (QED) is 0.535. The molecule has 29 heavy (non-hydrogen) atoms. The molecule has 0 saturated carbocycles. The SMILES string of the molecule is C#CC.CC(C)(C)Cc1ccc(O)cc1.CC1CCCCN1CCCC(C)(C)C. The molecule has 1 aromatic carbocycles. The molecule has 0 aromatic heterocycles. The monoisotopic (exact) mass is 401 g/mol. The predicted octanol–water partition coefficient (Wildman–Crippen LogP) is 7.31. The second-order valence-electron chi connectivity index (χ2n) is 10.7. The lowest BCUT2D eigenvalue weighted by Gasteiger charge is -2.34. The molecule has 166 valence electrons. The van der Waals surface area contributed by atoms with Gasteiger partial charge in [0.1, 0.15) is 5.75 Å². The van der Waals surface area contributed by atoms with Gasteiger partial charge in [0.05, 0.1) is 0 Å². The third-order valence-corrected chi connectivity index (χ3v) is 4.98. The summed E-state index contributed by atoms with van der Waals surface area (Å²) < 4.78 is 0. The Morgan fingerprint density at radius 3 is 2.03 bits per heavy atom. The molecule has 2 heteroatoms. The topological polar surface area (TPSA) is 23.5 Å². The Morgan fingerprint density at radius 1 is 1.03 bits per heavy atom. The van der Waals surface area contributed by atoms with E-state index >= 15 is 0 Å². The van der Waals surface area contributed by atoms with E-state index in [-0.39, 0.29) is 0 Å². The molecule has 0 bridgehead atoms. The molecule has 1 fully saturated rings. The van der Waals surface area contributed by atoms with Crippen LogP contribution in [0.2, 0.25) is 0 Å². The van der Waals surface area contributed by atoms with Gasteiger partial charge >= 0.3 is 0 Å². The molecule has 1 aromatic rings. The lowest BCUT2D eigenvalue weighted by molar-refractivity contribution is 0.152. The van der Waals surface area contributed by atoms with Crippen molar-refractivity contribution >= 4 is 0 Å². The van der Waals surface area contributed by atoms with Crippen LogP contribution in [0.3, 0.4) is 0 Å². The standard InChI is InChI=1S/C13H27N.C11H16O.C3H4/c1-12-8-5-6-10-14(12)11-7-9-13(2,3)4;1-11(2,3)8-9-4-6-10(12)7-5-9;1-3-2/h12H,5-11H2,1-4H3;4-7,12H,8H2,1-3H3;1H,2H3. The van der Waals surface area contributed by atoms with Crippen molar-refractivity contribution in [3.63, 3.8) is 0 Å². The van der Waals surface area contributed by atoms with Gasteiger partial charge in [0.25, 0.3) is 0 Å². The van der Waals surface area contributed by atoms with Crippen molar-refractivity contribution in [1.29, 1.82) is 0 Å². The number of likely N-dealkylation sites (tertiary alicyclic amines) is 1. The predicted molar refractivity (Wildman–Crippen MR) is 129 cm³/mol. The molecule has 1 N–H and O–H groups in total. The maximum Gasteiger partial charge on any atom is 0.115 e. The number of benzene rings is 1. The zero-order valence-electron chi connectivity index (χ0n) is 20.5. The van der Waals surface area contributed by atoms with Gasteiger partial charge in [0, 0.05) is 6.04 Å². The third-order valence-electron chi connectivity index (χ3n) is 4.98. The largest absolute Gasteiger partial charge is 0.508 e. The molecule has 2 rings (SSSR count). The highest BCUT2D eigenvalue weighted by Gasteiger charge is 2.18. The van der Waals surface area contributed by atoms with E-state index in [4.69, 9.17) is 5.11 Å². The summed E-state index contributed by atoms with van der Waals surface area (Å²) in [6, 6.07) is 8.26. The van der Waals surface area contributed by atoms with Crippen molar-refractivity contribution in [2.24, 2.45) is 10.8 Å². The van der Waals surface area contributed by atoms with Crippen LogP contribution in [0.25, 0.3) is 0 Å². The number of aromatic hydroxyl groups is 1. The number of rotatable bonds is 4. The summed E-state index contributed by atoms with van der Waals surface area (Å²) >= 11 is 0. The normalized spacial score (nSPS) is 17.3. The molecule has 0 amide bonds. The van der Waals surface area contributed by atoms with E-state index in [1.54, 1.807) is 19.1 Å². The van der Waals surface area contributed by atoms with Crippen LogP contribution in [0.15, 0.2) is 24.3 Å². The molecular formula is C27H47NO. The fraction of sp³-hybridized carbons (Fsp3) is 0.704. The fourth-order valence-electron chi connectivity index (χ4n) is 3.53. The van der Waals surface area contributed by atoms with Crippen LogP contribution in [-0.2, 0) is 6.42 Å². The molecule has 1 heterocycles. The Morgan fingerprint density at radius 2 is 1.59 bits per heavy atom. The number of terminal acetylenes is 1. The van der Waals surface area contributed by atoms with Crippen molar-refractivity contribution in [1.82, 2.24) is 4.90 Å². The summed E-state index contributed by atoms with van der Waals surface area (Å²) in [5.74, 6) is 2.59. The minimum atomic E-state index is 0.316. The van der Waals surface area contributed by atoms with Crippen molar-refractivity contribution < 1.29 is 5.11 Å². The number of phenols is 1. The van der Waals surface area contributed by atoms with E-state index < -0.39 is 0 Å². The minimum absolute atomic E-state index is 0.316. The number of phenolic OH excluding ortho intramolecular Hbond substituents is 1. The fourth-order valence-corrected chi connectivity index (χ4v) is 3.53. The smallest absolute Gasteiger partial charge is 0.115 e. The Bertz CT molecular complexity index is 569. The molecule has 1 aliphatic heterocycles. The summed E-state index contributed by atoms with van der Waals surface area (Å²) in [4.78, 5) is 2.68. The summed E-state index contributed by atoms with van der Waals surface area (Å²) in [6.45, 7) is 20.3. The van der Waals surface area contributed by atoms with Gasteiger partial charge in [-0.05, 0) is 87.6 Å². The lowest BCUT2D eigenvalue weighted by atomic mass is 9.88. The minimum Gasteiger partial charge on any atom is -0.508 e. The Hall–Kier alpha value is -1.46. The highest BCUT2D eigenvalue weighted by atomic mass is 16.3. The number of hydrogen-bond acceptors (Lipinski definition) is 2. The highest BCUT2D eigenvalue weighted by molar-refractivity contribution is 5.26. The Kier molecular flexibility index (Phi) is 13.0. The summed E-state index contributed by atoms with van der Waals surface area (Å²) in [5.41, 5.74) is 2.11. The molecule has 2 nitrogen and oxygen atoms in total. The lowest BCUT2D eigenvalue weighted by Crippen LogP contribution is -2.38. The van der Waals surface area contributed by atoms with Gasteiger partial charge < -0.3 is 10.0 Å². The van der Waals surface area contributed by atoms with Gasteiger partial charge in [0.15, 0.2) is 0 Å². The van der Waals surface area contributed by atoms with E-state index in [9.17, 15) is 0 Å². The zero-order valence-corrected chi connectivity index (χ0v) is 20.5. The maximum atomic E-state index is 9.05. The van der Waals surface area contributed by atoms with E-state index in [0.717, 1.165) is 12.5 Å². The second kappa shape index (κ2) is 13.7. The molecule has 0 radical (unpaired) electrons. The van der Waals surface area contributed by atoms with Crippen LogP contribution in [0, 0.1) is 23.2 Å². The van der Waals surface area contributed by atoms with Crippen molar-refractivity contribution in [3.8, 4) is 18.1 Å². The first-order valence-corrected chi connectivity index (χ1v) is 11.3. The van der Waals surface area contributed by atoms with Gasteiger partial charge in [-0.15, -0.1) is 12.3 Å². The summed E-state index contributed by atoms with van der Waals surface area (Å²) in [7, 11) is 0. The molecule has 0 aliphatic carbocycles. The van der Waals surface area contributed by atoms with E-state index in [0.29, 0.717) is 16.6 Å². The van der Waals surface area contributed by atoms with Crippen molar-refractivity contribution in [3.05, 3.63) is 29.8 Å². The molecular weight excluding hydrogens is 354 g/mol. The molecule has 1 unspecified atom stereocenters. The van der Waals surface area contributed by atoms with Crippen LogP contribution in [0.4, 0.5) is 0 Å². The van der Waals surface area contributed by atoms with Crippen LogP contribution in [0.1, 0.15) is 93.1 Å². The van der Waals surface area contributed by atoms with E-state index in [1.807, 2.05) is 12.1 Å². The Balaban J connectivity index is 0.000000481. The Labute approximate surface area is 182 Å². The van der Waals surface area contributed by atoms with E-state index in [1.165, 1.54) is 50.8 Å². The number of nitrogens with zero attached hydrogens (tertiary/aromatic N) is 1. The molecule has 1 saturated heterocycles. The van der Waals surface area contributed by atoms with Gasteiger partial charge in [-0.2, -0.15) is 0 Å². The highest BCUT2D eigenvalue weighted by Crippen LogP contribution is 2.23. The first-order valence-electron chi connectivity index (χ1n) is 11.3. The summed E-state index contributed by atoms with van der Waals surface area (Å²) in [5, 5.41) is 9.05. The van der Waals surface area contributed by atoms with Crippen molar-refractivity contribution in [2.45, 2.75) is 100.0 Å². The van der Waals surface area contributed by atoms with Gasteiger partial charge in [-0.1, -0.05) is 60.1 Å². The van der Waals surface area contributed by atoms with Gasteiger partial charge in [0.2, 0.25) is 0 Å². The van der Waals surface area contributed by atoms with Crippen LogP contribution < -0.4 is 0 Å². The average Bonchev–Trinajstić information content (AvgIpc) is 2.58. The second-order valence-corrected chi connectivity index (χ2v) is 10.7. The van der Waals surface area contributed by atoms with Crippen LogP contribution in [-0.4, -0.2) is 29.1 Å². The van der Waals surface area contributed by atoms with Gasteiger partial charge in [-0.25, -0.2) is 0 Å². The molecule has 1 atom stereocenters. The summed E-state index contributed by atoms with van der Waals surface area (Å²) in [6.07, 6.45) is 12.6. The van der Waals surface area contributed by atoms with Crippen LogP contribution in [0.5, 0.6) is 5.75 Å². The average molecular weight is 402 g/mol. The maximum absolute atomic E-state index is 9.05. The van der Waals surface area contributed by atoms with E-state index in [2.05, 4.69) is 65.7 Å². The zero-order chi connectivity index (χ0) is 22.5. The van der Waals surface area contributed by atoms with Gasteiger partial charge in [-0.3, -0.25) is 0 Å². The number of hydrogen-bond donors (Lipinski definition) is 1. The molecule has 0 spiro atoms. The third kappa shape index (κ3) is 16.1. The number of piperidine rings is 1. The van der Waals surface area contributed by atoms with Crippen LogP contribution >= 0.6 is 0 Å². The van der Waals surface area contributed by atoms with Crippen molar-refractivity contribution in [2.75, 3.05) is 13.1 Å². The first kappa shape index (κ1) is 27.5.